The standard InChI is InChI=1S/C12H22N2O6/c1-5(16)14-10(11(18)9(17)4-15)7-2-6(12(19)20)3-8(7)13/h6-11,15,17-18H,2-4,13H2,1H3,(H,14,16)(H,19,20)/t6?,7?,8-,9?,10?,11?/m0/s1. The smallest absolute Gasteiger partial charge is 0.306 e. The van der Waals surface area contributed by atoms with Gasteiger partial charge in [0.1, 0.15) is 12.2 Å². The van der Waals surface area contributed by atoms with E-state index in [2.05, 4.69) is 5.32 Å². The highest BCUT2D eigenvalue weighted by Crippen LogP contribution is 2.34. The van der Waals surface area contributed by atoms with Gasteiger partial charge in [-0.15, -0.1) is 0 Å². The Morgan fingerprint density at radius 1 is 1.35 bits per heavy atom. The number of amides is 1. The minimum Gasteiger partial charge on any atom is -0.481 e. The second-order valence-corrected chi connectivity index (χ2v) is 5.30. The van der Waals surface area contributed by atoms with Gasteiger partial charge in [0, 0.05) is 13.0 Å². The van der Waals surface area contributed by atoms with Crippen molar-refractivity contribution in [2.24, 2.45) is 17.6 Å². The van der Waals surface area contributed by atoms with Gasteiger partial charge in [0.25, 0.3) is 0 Å². The van der Waals surface area contributed by atoms with Crippen molar-refractivity contribution in [2.75, 3.05) is 6.61 Å². The molecule has 0 radical (unpaired) electrons. The maximum absolute atomic E-state index is 11.2. The molecule has 8 heteroatoms. The van der Waals surface area contributed by atoms with E-state index in [4.69, 9.17) is 15.9 Å². The van der Waals surface area contributed by atoms with Crippen LogP contribution >= 0.6 is 0 Å². The van der Waals surface area contributed by atoms with E-state index in [1.54, 1.807) is 0 Å². The van der Waals surface area contributed by atoms with Crippen molar-refractivity contribution < 1.29 is 30.0 Å². The Balaban J connectivity index is 2.88. The molecular formula is C12H22N2O6. The molecule has 0 saturated heterocycles. The number of rotatable bonds is 6. The summed E-state index contributed by atoms with van der Waals surface area (Å²) in [6.45, 7) is 0.585. The second-order valence-electron chi connectivity index (χ2n) is 5.30. The van der Waals surface area contributed by atoms with Crippen molar-refractivity contribution in [3.05, 3.63) is 0 Å². The van der Waals surface area contributed by atoms with E-state index in [-0.39, 0.29) is 12.8 Å². The number of aliphatic carboxylic acids is 1. The van der Waals surface area contributed by atoms with Crippen LogP contribution in [0.5, 0.6) is 0 Å². The van der Waals surface area contributed by atoms with E-state index in [9.17, 15) is 19.8 Å². The van der Waals surface area contributed by atoms with Gasteiger partial charge in [0.2, 0.25) is 5.91 Å². The van der Waals surface area contributed by atoms with E-state index >= 15 is 0 Å². The van der Waals surface area contributed by atoms with Gasteiger partial charge in [-0.05, 0) is 18.8 Å². The van der Waals surface area contributed by atoms with E-state index in [0.29, 0.717) is 0 Å². The molecule has 0 spiro atoms. The maximum atomic E-state index is 11.2. The maximum Gasteiger partial charge on any atom is 0.306 e. The number of hydrogen-bond acceptors (Lipinski definition) is 6. The molecule has 1 rings (SSSR count). The second kappa shape index (κ2) is 6.98. The lowest BCUT2D eigenvalue weighted by Gasteiger charge is -2.33. The number of carbonyl (C=O) groups excluding carboxylic acids is 1. The Morgan fingerprint density at radius 3 is 2.35 bits per heavy atom. The van der Waals surface area contributed by atoms with E-state index in [1.807, 2.05) is 0 Å². The number of carbonyl (C=O) groups is 2. The van der Waals surface area contributed by atoms with Gasteiger partial charge >= 0.3 is 5.97 Å². The molecule has 1 amide bonds. The summed E-state index contributed by atoms with van der Waals surface area (Å²) in [6, 6.07) is -1.40. The molecule has 8 nitrogen and oxygen atoms in total. The Kier molecular flexibility index (Phi) is 5.88. The summed E-state index contributed by atoms with van der Waals surface area (Å²) in [5.74, 6) is -2.51. The predicted molar refractivity (Wildman–Crippen MR) is 68.5 cm³/mol. The molecule has 0 heterocycles. The zero-order valence-electron chi connectivity index (χ0n) is 11.3. The molecule has 0 aromatic heterocycles. The van der Waals surface area contributed by atoms with Gasteiger partial charge < -0.3 is 31.5 Å². The zero-order chi connectivity index (χ0) is 15.4. The fraction of sp³-hybridized carbons (Fsp3) is 0.833. The third kappa shape index (κ3) is 3.89. The summed E-state index contributed by atoms with van der Waals surface area (Å²) in [4.78, 5) is 22.2. The van der Waals surface area contributed by atoms with Crippen LogP contribution in [0.25, 0.3) is 0 Å². The first-order valence-corrected chi connectivity index (χ1v) is 6.50. The fourth-order valence-corrected chi connectivity index (χ4v) is 2.75. The summed E-state index contributed by atoms with van der Waals surface area (Å²) in [6.07, 6.45) is -2.38. The molecule has 1 fully saturated rings. The molecule has 0 aromatic carbocycles. The molecule has 20 heavy (non-hydrogen) atoms. The molecule has 0 aromatic rings. The first kappa shape index (κ1) is 16.8. The molecule has 1 aliphatic carbocycles. The molecule has 7 N–H and O–H groups in total. The Morgan fingerprint density at radius 2 is 1.95 bits per heavy atom. The number of aliphatic hydroxyl groups excluding tert-OH is 3. The van der Waals surface area contributed by atoms with Crippen LogP contribution in [0.15, 0.2) is 0 Å². The lowest BCUT2D eigenvalue weighted by Crippen LogP contribution is -2.55. The third-order valence-electron chi connectivity index (χ3n) is 3.79. The SMILES string of the molecule is CC(=O)NC(C(O)C(O)CO)C1CC(C(=O)O)C[C@@H]1N. The number of nitrogens with one attached hydrogen (secondary N) is 1. The van der Waals surface area contributed by atoms with Gasteiger partial charge in [0.15, 0.2) is 0 Å². The number of aliphatic hydroxyl groups is 3. The highest BCUT2D eigenvalue weighted by molar-refractivity contribution is 5.73. The Hall–Kier alpha value is -1.22. The van der Waals surface area contributed by atoms with Crippen LogP contribution in [0.3, 0.4) is 0 Å². The van der Waals surface area contributed by atoms with Crippen LogP contribution in [0.2, 0.25) is 0 Å². The Labute approximate surface area is 116 Å². The topological polar surface area (TPSA) is 153 Å². The molecule has 0 bridgehead atoms. The van der Waals surface area contributed by atoms with E-state index in [0.717, 1.165) is 0 Å². The highest BCUT2D eigenvalue weighted by Gasteiger charge is 2.44. The van der Waals surface area contributed by atoms with Crippen molar-refractivity contribution in [1.29, 1.82) is 0 Å². The van der Waals surface area contributed by atoms with Crippen molar-refractivity contribution >= 4 is 11.9 Å². The van der Waals surface area contributed by atoms with Crippen LogP contribution in [-0.2, 0) is 9.59 Å². The highest BCUT2D eigenvalue weighted by atomic mass is 16.4. The van der Waals surface area contributed by atoms with Crippen LogP contribution in [0, 0.1) is 11.8 Å². The molecule has 5 unspecified atom stereocenters. The first-order chi connectivity index (χ1) is 9.27. The number of hydrogen-bond donors (Lipinski definition) is 6. The summed E-state index contributed by atoms with van der Waals surface area (Å²) < 4.78 is 0. The van der Waals surface area contributed by atoms with Crippen molar-refractivity contribution in [2.45, 2.75) is 44.1 Å². The largest absolute Gasteiger partial charge is 0.481 e. The zero-order valence-corrected chi connectivity index (χ0v) is 11.3. The molecule has 1 saturated carbocycles. The van der Waals surface area contributed by atoms with Crippen LogP contribution in [0.1, 0.15) is 19.8 Å². The summed E-state index contributed by atoms with van der Waals surface area (Å²) in [5.41, 5.74) is 5.89. The lowest BCUT2D eigenvalue weighted by atomic mass is 9.88. The molecule has 116 valence electrons. The Bertz CT molecular complexity index is 364. The first-order valence-electron chi connectivity index (χ1n) is 6.50. The number of nitrogens with two attached hydrogens (primary N) is 1. The van der Waals surface area contributed by atoms with Crippen molar-refractivity contribution in [3.63, 3.8) is 0 Å². The monoisotopic (exact) mass is 290 g/mol. The van der Waals surface area contributed by atoms with Crippen LogP contribution < -0.4 is 11.1 Å². The summed E-state index contributed by atoms with van der Waals surface area (Å²) in [7, 11) is 0. The molecule has 6 atom stereocenters. The van der Waals surface area contributed by atoms with Crippen LogP contribution in [0.4, 0.5) is 0 Å². The quantitative estimate of drug-likeness (QED) is 0.320. The summed E-state index contributed by atoms with van der Waals surface area (Å²) in [5, 5.41) is 39.9. The minimum atomic E-state index is -1.43. The van der Waals surface area contributed by atoms with Gasteiger partial charge in [-0.3, -0.25) is 9.59 Å². The average molecular weight is 290 g/mol. The molecule has 0 aliphatic heterocycles. The van der Waals surface area contributed by atoms with Crippen molar-refractivity contribution in [3.8, 4) is 0 Å². The van der Waals surface area contributed by atoms with E-state index in [1.165, 1.54) is 6.92 Å². The third-order valence-corrected chi connectivity index (χ3v) is 3.79. The van der Waals surface area contributed by atoms with Gasteiger partial charge in [0.05, 0.1) is 18.6 Å². The molecule has 1 aliphatic rings. The van der Waals surface area contributed by atoms with Gasteiger partial charge in [-0.1, -0.05) is 0 Å². The average Bonchev–Trinajstić information content (AvgIpc) is 2.76. The fourth-order valence-electron chi connectivity index (χ4n) is 2.75. The lowest BCUT2D eigenvalue weighted by molar-refractivity contribution is -0.141. The van der Waals surface area contributed by atoms with Gasteiger partial charge in [-0.25, -0.2) is 0 Å². The summed E-state index contributed by atoms with van der Waals surface area (Å²) >= 11 is 0. The number of carboxylic acid groups (broad SMARTS) is 1. The molecular weight excluding hydrogens is 268 g/mol. The van der Waals surface area contributed by atoms with E-state index < -0.39 is 54.6 Å². The van der Waals surface area contributed by atoms with Crippen molar-refractivity contribution in [1.82, 2.24) is 5.32 Å². The minimum absolute atomic E-state index is 0.205. The van der Waals surface area contributed by atoms with Gasteiger partial charge in [-0.2, -0.15) is 0 Å². The normalized spacial score (nSPS) is 30.6. The van der Waals surface area contributed by atoms with Crippen LogP contribution in [-0.4, -0.2) is 63.2 Å². The number of carboxylic acids is 1. The predicted octanol–water partition coefficient (Wildman–Crippen LogP) is -2.36.